The third kappa shape index (κ3) is 6.71. The third-order valence-electron chi connectivity index (χ3n) is 4.57. The second-order valence-corrected chi connectivity index (χ2v) is 6.95. The molecule has 5 heteroatoms. The van der Waals surface area contributed by atoms with Crippen molar-refractivity contribution in [1.29, 1.82) is 0 Å². The number of hydrogen-bond donors (Lipinski definition) is 1. The molecule has 2 aromatic rings. The highest BCUT2D eigenvalue weighted by atomic mass is 19.2. The Hall–Kier alpha value is -2.27. The summed E-state index contributed by atoms with van der Waals surface area (Å²) in [5.41, 5.74) is 0.560. The van der Waals surface area contributed by atoms with E-state index in [1.165, 1.54) is 43.3 Å². The molecule has 0 aliphatic heterocycles. The number of aromatic nitrogens is 1. The molecule has 2 rings (SSSR count). The van der Waals surface area contributed by atoms with E-state index in [4.69, 9.17) is 4.74 Å². The Kier molecular flexibility index (Phi) is 9.08. The van der Waals surface area contributed by atoms with Crippen LogP contribution < -0.4 is 0 Å². The maximum Gasteiger partial charge on any atom is 0.168 e. The number of rotatable bonds is 11. The number of benzene rings is 1. The van der Waals surface area contributed by atoms with E-state index in [1.807, 2.05) is 6.08 Å². The highest BCUT2D eigenvalue weighted by Gasteiger charge is 2.14. The predicted octanol–water partition coefficient (Wildman–Crippen LogP) is 6.51. The number of nitrogens with zero attached hydrogens (tertiary/aromatic N) is 1. The number of ether oxygens (including phenoxy) is 1. The second-order valence-electron chi connectivity index (χ2n) is 6.95. The van der Waals surface area contributed by atoms with Crippen molar-refractivity contribution < 1.29 is 18.6 Å². The molecule has 0 amide bonds. The van der Waals surface area contributed by atoms with Gasteiger partial charge in [-0.05, 0) is 50.8 Å². The van der Waals surface area contributed by atoms with Crippen LogP contribution in [0.25, 0.3) is 17.3 Å². The van der Waals surface area contributed by atoms with Crippen molar-refractivity contribution in [3.05, 3.63) is 53.7 Å². The lowest BCUT2D eigenvalue weighted by atomic mass is 10.1. The van der Waals surface area contributed by atoms with Gasteiger partial charge in [-0.15, -0.1) is 0 Å². The van der Waals surface area contributed by atoms with E-state index in [9.17, 15) is 13.9 Å². The normalized spacial score (nSPS) is 12.6. The SMILES string of the molecule is CCCCCOC(C)CCC/C=C/c1ccc(-c2ccc(O)cn2)c(F)c1F. The quantitative estimate of drug-likeness (QED) is 0.445. The van der Waals surface area contributed by atoms with Crippen molar-refractivity contribution in [2.45, 2.75) is 58.5 Å². The lowest BCUT2D eigenvalue weighted by molar-refractivity contribution is 0.0566. The fourth-order valence-electron chi connectivity index (χ4n) is 2.89. The van der Waals surface area contributed by atoms with Crippen LogP contribution in [0.2, 0.25) is 0 Å². The van der Waals surface area contributed by atoms with Gasteiger partial charge in [0.05, 0.1) is 18.0 Å². The van der Waals surface area contributed by atoms with Crippen LogP contribution in [0, 0.1) is 11.6 Å². The molecule has 0 fully saturated rings. The van der Waals surface area contributed by atoms with Gasteiger partial charge in [-0.3, -0.25) is 4.98 Å². The Labute approximate surface area is 166 Å². The summed E-state index contributed by atoms with van der Waals surface area (Å²) in [6, 6.07) is 5.89. The highest BCUT2D eigenvalue weighted by Crippen LogP contribution is 2.26. The lowest BCUT2D eigenvalue weighted by Gasteiger charge is -2.12. The maximum atomic E-state index is 14.4. The Balaban J connectivity index is 1.85. The first kappa shape index (κ1) is 22.0. The van der Waals surface area contributed by atoms with Crippen LogP contribution in [0.4, 0.5) is 8.78 Å². The Bertz CT molecular complexity index is 760. The average molecular weight is 389 g/mol. The summed E-state index contributed by atoms with van der Waals surface area (Å²) in [6.07, 6.45) is 11.0. The van der Waals surface area contributed by atoms with E-state index >= 15 is 0 Å². The zero-order valence-corrected chi connectivity index (χ0v) is 16.6. The number of pyridine rings is 1. The summed E-state index contributed by atoms with van der Waals surface area (Å²) in [5, 5.41) is 9.26. The van der Waals surface area contributed by atoms with Crippen LogP contribution in [-0.4, -0.2) is 22.8 Å². The molecule has 0 saturated heterocycles. The van der Waals surface area contributed by atoms with Gasteiger partial charge in [0.15, 0.2) is 11.6 Å². The van der Waals surface area contributed by atoms with Crippen LogP contribution in [0.15, 0.2) is 36.5 Å². The maximum absolute atomic E-state index is 14.4. The third-order valence-corrected chi connectivity index (χ3v) is 4.57. The predicted molar refractivity (Wildman–Crippen MR) is 109 cm³/mol. The molecule has 28 heavy (non-hydrogen) atoms. The number of unbranched alkanes of at least 4 members (excludes halogenated alkanes) is 3. The molecule has 1 unspecified atom stereocenters. The number of halogens is 2. The van der Waals surface area contributed by atoms with Crippen molar-refractivity contribution in [2.75, 3.05) is 6.61 Å². The molecule has 1 heterocycles. The first-order chi connectivity index (χ1) is 13.5. The van der Waals surface area contributed by atoms with Crippen molar-refractivity contribution in [2.24, 2.45) is 0 Å². The summed E-state index contributed by atoms with van der Waals surface area (Å²) < 4.78 is 34.5. The molecule has 1 N–H and O–H groups in total. The monoisotopic (exact) mass is 389 g/mol. The fraction of sp³-hybridized carbons (Fsp3) is 0.435. The van der Waals surface area contributed by atoms with Gasteiger partial charge in [-0.25, -0.2) is 8.78 Å². The molecule has 0 spiro atoms. The van der Waals surface area contributed by atoms with Gasteiger partial charge in [0.25, 0.3) is 0 Å². The summed E-state index contributed by atoms with van der Waals surface area (Å²) in [5.74, 6) is -1.85. The number of hydrogen-bond acceptors (Lipinski definition) is 3. The molecule has 0 aliphatic rings. The van der Waals surface area contributed by atoms with Crippen molar-refractivity contribution in [1.82, 2.24) is 4.98 Å². The van der Waals surface area contributed by atoms with Crippen LogP contribution in [-0.2, 0) is 4.74 Å². The van der Waals surface area contributed by atoms with Crippen LogP contribution >= 0.6 is 0 Å². The van der Waals surface area contributed by atoms with E-state index < -0.39 is 11.6 Å². The molecule has 1 aromatic heterocycles. The van der Waals surface area contributed by atoms with E-state index in [0.29, 0.717) is 0 Å². The molecule has 0 bridgehead atoms. The molecule has 1 atom stereocenters. The molecule has 0 saturated carbocycles. The zero-order chi connectivity index (χ0) is 20.4. The van der Waals surface area contributed by atoms with Gasteiger partial charge in [0, 0.05) is 17.7 Å². The molecule has 1 aromatic carbocycles. The molecule has 0 radical (unpaired) electrons. The summed E-state index contributed by atoms with van der Waals surface area (Å²) in [7, 11) is 0. The molecule has 152 valence electrons. The standard InChI is InChI=1S/C23H29F2NO2/c1-3-4-8-15-28-17(2)9-6-5-7-10-18-11-13-20(23(25)22(18)24)21-14-12-19(27)16-26-21/h7,10-14,16-17,27H,3-6,8-9,15H2,1-2H3/b10-7+. The van der Waals surface area contributed by atoms with Crippen molar-refractivity contribution in [3.63, 3.8) is 0 Å². The minimum Gasteiger partial charge on any atom is -0.506 e. The summed E-state index contributed by atoms with van der Waals surface area (Å²) in [4.78, 5) is 3.93. The van der Waals surface area contributed by atoms with E-state index in [0.717, 1.165) is 32.3 Å². The van der Waals surface area contributed by atoms with Crippen LogP contribution in [0.3, 0.4) is 0 Å². The lowest BCUT2D eigenvalue weighted by Crippen LogP contribution is -2.08. The van der Waals surface area contributed by atoms with Gasteiger partial charge < -0.3 is 9.84 Å². The first-order valence-corrected chi connectivity index (χ1v) is 9.94. The average Bonchev–Trinajstić information content (AvgIpc) is 2.69. The van der Waals surface area contributed by atoms with Crippen LogP contribution in [0.1, 0.15) is 57.9 Å². The summed E-state index contributed by atoms with van der Waals surface area (Å²) >= 11 is 0. The Morgan fingerprint density at radius 1 is 1.11 bits per heavy atom. The minimum absolute atomic E-state index is 0.0233. The highest BCUT2D eigenvalue weighted by molar-refractivity contribution is 5.64. The largest absolute Gasteiger partial charge is 0.506 e. The number of allylic oxidation sites excluding steroid dienone is 1. The van der Waals surface area contributed by atoms with Crippen LogP contribution in [0.5, 0.6) is 5.75 Å². The van der Waals surface area contributed by atoms with Gasteiger partial charge in [0.1, 0.15) is 5.75 Å². The first-order valence-electron chi connectivity index (χ1n) is 9.94. The molecular weight excluding hydrogens is 360 g/mol. The van der Waals surface area contributed by atoms with Crippen molar-refractivity contribution >= 4 is 6.08 Å². The minimum atomic E-state index is -0.936. The topological polar surface area (TPSA) is 42.4 Å². The zero-order valence-electron chi connectivity index (χ0n) is 16.6. The smallest absolute Gasteiger partial charge is 0.168 e. The molecule has 3 nitrogen and oxygen atoms in total. The van der Waals surface area contributed by atoms with Gasteiger partial charge in [0.2, 0.25) is 0 Å². The number of aromatic hydroxyl groups is 1. The molecular formula is C23H29F2NO2. The van der Waals surface area contributed by atoms with Gasteiger partial charge in [-0.1, -0.05) is 38.0 Å². The van der Waals surface area contributed by atoms with Gasteiger partial charge >= 0.3 is 0 Å². The molecule has 0 aliphatic carbocycles. The summed E-state index contributed by atoms with van der Waals surface area (Å²) in [6.45, 7) is 5.04. The Morgan fingerprint density at radius 2 is 1.93 bits per heavy atom. The second kappa shape index (κ2) is 11.5. The van der Waals surface area contributed by atoms with E-state index in [1.54, 1.807) is 6.08 Å². The van der Waals surface area contributed by atoms with E-state index in [-0.39, 0.29) is 28.7 Å². The van der Waals surface area contributed by atoms with E-state index in [2.05, 4.69) is 18.8 Å². The van der Waals surface area contributed by atoms with Gasteiger partial charge in [-0.2, -0.15) is 0 Å². The van der Waals surface area contributed by atoms with Crippen molar-refractivity contribution in [3.8, 4) is 17.0 Å². The fourth-order valence-corrected chi connectivity index (χ4v) is 2.89. The Morgan fingerprint density at radius 3 is 2.64 bits per heavy atom.